The summed E-state index contributed by atoms with van der Waals surface area (Å²) in [6, 6.07) is 10.2. The van der Waals surface area contributed by atoms with Gasteiger partial charge in [0.25, 0.3) is 0 Å². The SMILES string of the molecule is Cn1ccc(CNc2snc3ccccc23)n1. The van der Waals surface area contributed by atoms with Crippen LogP contribution < -0.4 is 5.32 Å². The van der Waals surface area contributed by atoms with Crippen molar-refractivity contribution >= 4 is 27.4 Å². The lowest BCUT2D eigenvalue weighted by Crippen LogP contribution is -1.99. The molecule has 0 fully saturated rings. The molecule has 0 aliphatic rings. The quantitative estimate of drug-likeness (QED) is 0.770. The van der Waals surface area contributed by atoms with Crippen LogP contribution in [0.5, 0.6) is 0 Å². The fraction of sp³-hybridized carbons (Fsp3) is 0.167. The van der Waals surface area contributed by atoms with Crippen molar-refractivity contribution in [3.05, 3.63) is 42.2 Å². The zero-order chi connectivity index (χ0) is 11.7. The van der Waals surface area contributed by atoms with Crippen LogP contribution >= 0.6 is 11.5 Å². The van der Waals surface area contributed by atoms with E-state index < -0.39 is 0 Å². The van der Waals surface area contributed by atoms with Crippen LogP contribution in [-0.2, 0) is 13.6 Å². The minimum atomic E-state index is 0.729. The monoisotopic (exact) mass is 244 g/mol. The zero-order valence-electron chi connectivity index (χ0n) is 9.42. The third-order valence-electron chi connectivity index (χ3n) is 2.58. The highest BCUT2D eigenvalue weighted by atomic mass is 32.1. The van der Waals surface area contributed by atoms with E-state index in [4.69, 9.17) is 0 Å². The number of hydrogen-bond donors (Lipinski definition) is 1. The van der Waals surface area contributed by atoms with Gasteiger partial charge in [0.15, 0.2) is 0 Å². The lowest BCUT2D eigenvalue weighted by atomic mass is 10.2. The molecule has 1 N–H and O–H groups in total. The number of hydrogen-bond acceptors (Lipinski definition) is 4. The number of benzene rings is 1. The van der Waals surface area contributed by atoms with Crippen molar-refractivity contribution in [1.82, 2.24) is 14.2 Å². The van der Waals surface area contributed by atoms with Gasteiger partial charge in [-0.15, -0.1) is 0 Å². The Bertz CT molecular complexity index is 641. The second-order valence-electron chi connectivity index (χ2n) is 3.86. The number of anilines is 1. The van der Waals surface area contributed by atoms with Gasteiger partial charge in [-0.25, -0.2) is 0 Å². The highest BCUT2D eigenvalue weighted by molar-refractivity contribution is 7.11. The molecule has 0 unspecified atom stereocenters. The van der Waals surface area contributed by atoms with E-state index in [0.29, 0.717) is 0 Å². The minimum Gasteiger partial charge on any atom is -0.369 e. The van der Waals surface area contributed by atoms with E-state index in [1.165, 1.54) is 16.9 Å². The molecule has 5 heteroatoms. The molecule has 0 saturated carbocycles. The smallest absolute Gasteiger partial charge is 0.117 e. The topological polar surface area (TPSA) is 42.7 Å². The zero-order valence-corrected chi connectivity index (χ0v) is 10.2. The average molecular weight is 244 g/mol. The molecule has 2 aromatic heterocycles. The molecule has 0 spiro atoms. The first-order chi connectivity index (χ1) is 8.33. The fourth-order valence-corrected chi connectivity index (χ4v) is 2.50. The van der Waals surface area contributed by atoms with Crippen LogP contribution in [0.2, 0.25) is 0 Å². The van der Waals surface area contributed by atoms with E-state index in [0.717, 1.165) is 22.8 Å². The first kappa shape index (κ1) is 10.3. The lowest BCUT2D eigenvalue weighted by molar-refractivity contribution is 0.747. The number of aromatic nitrogens is 3. The Balaban J connectivity index is 1.81. The molecule has 0 aliphatic heterocycles. The predicted molar refractivity (Wildman–Crippen MR) is 70.2 cm³/mol. The molecule has 2 heterocycles. The van der Waals surface area contributed by atoms with Gasteiger partial charge in [0.2, 0.25) is 0 Å². The fourth-order valence-electron chi connectivity index (χ4n) is 1.75. The van der Waals surface area contributed by atoms with Crippen LogP contribution in [0.15, 0.2) is 36.5 Å². The van der Waals surface area contributed by atoms with Gasteiger partial charge >= 0.3 is 0 Å². The van der Waals surface area contributed by atoms with Crippen LogP contribution in [0.4, 0.5) is 5.00 Å². The van der Waals surface area contributed by atoms with Gasteiger partial charge in [0, 0.05) is 18.6 Å². The van der Waals surface area contributed by atoms with Crippen molar-refractivity contribution in [2.24, 2.45) is 7.05 Å². The van der Waals surface area contributed by atoms with Crippen LogP contribution in [0.3, 0.4) is 0 Å². The summed E-state index contributed by atoms with van der Waals surface area (Å²) >= 11 is 1.49. The molecular weight excluding hydrogens is 232 g/mol. The molecule has 0 bridgehead atoms. The maximum atomic E-state index is 4.39. The van der Waals surface area contributed by atoms with Gasteiger partial charge in [-0.2, -0.15) is 9.47 Å². The number of nitrogens with zero attached hydrogens (tertiary/aromatic N) is 3. The molecule has 3 aromatic rings. The van der Waals surface area contributed by atoms with Crippen molar-refractivity contribution in [3.63, 3.8) is 0 Å². The van der Waals surface area contributed by atoms with E-state index in [9.17, 15) is 0 Å². The summed E-state index contributed by atoms with van der Waals surface area (Å²) in [7, 11) is 1.92. The summed E-state index contributed by atoms with van der Waals surface area (Å²) in [5, 5.41) is 9.98. The van der Waals surface area contributed by atoms with Gasteiger partial charge in [0.05, 0.1) is 17.8 Å². The third kappa shape index (κ3) is 2.01. The van der Waals surface area contributed by atoms with Crippen molar-refractivity contribution in [2.75, 3.05) is 5.32 Å². The Morgan fingerprint density at radius 1 is 1.29 bits per heavy atom. The standard InChI is InChI=1S/C12H12N4S/c1-16-7-6-9(14-16)8-13-12-10-4-2-3-5-11(10)15-17-12/h2-7,13H,8H2,1H3. The summed E-state index contributed by atoms with van der Waals surface area (Å²) in [5.41, 5.74) is 2.08. The highest BCUT2D eigenvalue weighted by Gasteiger charge is 2.05. The Hall–Kier alpha value is -1.88. The Labute approximate surface area is 103 Å². The average Bonchev–Trinajstić information content (AvgIpc) is 2.93. The molecule has 17 heavy (non-hydrogen) atoms. The van der Waals surface area contributed by atoms with E-state index in [1.54, 1.807) is 0 Å². The van der Waals surface area contributed by atoms with E-state index in [-0.39, 0.29) is 0 Å². The molecule has 4 nitrogen and oxygen atoms in total. The molecule has 0 saturated heterocycles. The van der Waals surface area contributed by atoms with Crippen LogP contribution in [0.25, 0.3) is 10.9 Å². The molecule has 86 valence electrons. The van der Waals surface area contributed by atoms with Gasteiger partial charge in [-0.05, 0) is 29.7 Å². The summed E-state index contributed by atoms with van der Waals surface area (Å²) in [5.74, 6) is 0. The normalized spacial score (nSPS) is 10.9. The number of aryl methyl sites for hydroxylation is 1. The molecule has 1 aromatic carbocycles. The van der Waals surface area contributed by atoms with Gasteiger partial charge < -0.3 is 5.32 Å². The Morgan fingerprint density at radius 2 is 2.18 bits per heavy atom. The maximum absolute atomic E-state index is 4.39. The first-order valence-electron chi connectivity index (χ1n) is 5.40. The Morgan fingerprint density at radius 3 is 3.00 bits per heavy atom. The molecule has 0 aliphatic carbocycles. The van der Waals surface area contributed by atoms with Crippen LogP contribution in [0.1, 0.15) is 5.69 Å². The third-order valence-corrected chi connectivity index (χ3v) is 3.42. The first-order valence-corrected chi connectivity index (χ1v) is 6.17. The van der Waals surface area contributed by atoms with Gasteiger partial charge in [-0.1, -0.05) is 12.1 Å². The summed E-state index contributed by atoms with van der Waals surface area (Å²) in [6.45, 7) is 0.729. The maximum Gasteiger partial charge on any atom is 0.117 e. The number of fused-ring (bicyclic) bond motifs is 1. The molecule has 0 radical (unpaired) electrons. The number of nitrogens with one attached hydrogen (secondary N) is 1. The lowest BCUT2D eigenvalue weighted by Gasteiger charge is -2.00. The highest BCUT2D eigenvalue weighted by Crippen LogP contribution is 2.27. The van der Waals surface area contributed by atoms with Crippen LogP contribution in [-0.4, -0.2) is 14.2 Å². The molecular formula is C12H12N4S. The second-order valence-corrected chi connectivity index (χ2v) is 4.64. The van der Waals surface area contributed by atoms with Gasteiger partial charge in [-0.3, -0.25) is 4.68 Å². The van der Waals surface area contributed by atoms with Gasteiger partial charge in [0.1, 0.15) is 5.00 Å². The van der Waals surface area contributed by atoms with Crippen molar-refractivity contribution in [2.45, 2.75) is 6.54 Å². The molecule has 3 rings (SSSR count). The van der Waals surface area contributed by atoms with Crippen molar-refractivity contribution in [1.29, 1.82) is 0 Å². The van der Waals surface area contributed by atoms with E-state index >= 15 is 0 Å². The van der Waals surface area contributed by atoms with E-state index in [1.807, 2.05) is 42.2 Å². The van der Waals surface area contributed by atoms with Crippen molar-refractivity contribution in [3.8, 4) is 0 Å². The Kier molecular flexibility index (Phi) is 2.53. The molecule has 0 atom stereocenters. The summed E-state index contributed by atoms with van der Waals surface area (Å²) in [6.07, 6.45) is 1.95. The second kappa shape index (κ2) is 4.18. The van der Waals surface area contributed by atoms with Crippen molar-refractivity contribution < 1.29 is 0 Å². The summed E-state index contributed by atoms with van der Waals surface area (Å²) in [4.78, 5) is 0. The van der Waals surface area contributed by atoms with Crippen LogP contribution in [0, 0.1) is 0 Å². The largest absolute Gasteiger partial charge is 0.369 e. The predicted octanol–water partition coefficient (Wildman–Crippen LogP) is 2.64. The summed E-state index contributed by atoms with van der Waals surface area (Å²) < 4.78 is 6.20. The van der Waals surface area contributed by atoms with E-state index in [2.05, 4.69) is 20.9 Å². The minimum absolute atomic E-state index is 0.729. The number of rotatable bonds is 3. The molecule has 0 amide bonds.